The summed E-state index contributed by atoms with van der Waals surface area (Å²) in [5, 5.41) is 22.4. The first-order valence-corrected chi connectivity index (χ1v) is 12.3. The van der Waals surface area contributed by atoms with Crippen molar-refractivity contribution >= 4 is 37.6 Å². The highest BCUT2D eigenvalue weighted by Crippen LogP contribution is 2.29. The second-order valence-corrected chi connectivity index (χ2v) is 9.46. The number of fused-ring (bicyclic) bond motifs is 1. The molecule has 1 fully saturated rings. The van der Waals surface area contributed by atoms with Crippen LogP contribution in [0.4, 0.5) is 11.5 Å². The topological polar surface area (TPSA) is 94.8 Å². The van der Waals surface area contributed by atoms with E-state index in [4.69, 9.17) is 4.98 Å². The number of hydrogen-bond donors (Lipinski definition) is 3. The van der Waals surface area contributed by atoms with Crippen molar-refractivity contribution in [1.82, 2.24) is 19.5 Å². The van der Waals surface area contributed by atoms with Crippen LogP contribution in [0.15, 0.2) is 54.7 Å². The molecule has 0 saturated carbocycles. The Labute approximate surface area is 206 Å². The van der Waals surface area contributed by atoms with Crippen molar-refractivity contribution < 1.29 is 9.90 Å². The van der Waals surface area contributed by atoms with E-state index in [1.807, 2.05) is 27.6 Å². The van der Waals surface area contributed by atoms with Gasteiger partial charge in [0.2, 0.25) is 0 Å². The lowest BCUT2D eigenvalue weighted by molar-refractivity contribution is 0.0716. The van der Waals surface area contributed by atoms with E-state index in [0.717, 1.165) is 46.4 Å². The van der Waals surface area contributed by atoms with Gasteiger partial charge in [0.25, 0.3) is 5.91 Å². The number of nitrogens with one attached hydrogen (secondary N) is 2. The van der Waals surface area contributed by atoms with Crippen LogP contribution in [0.3, 0.4) is 0 Å². The highest BCUT2D eigenvalue weighted by atomic mass is 31.0. The Morgan fingerprint density at radius 1 is 1.14 bits per heavy atom. The molecule has 1 atom stereocenters. The van der Waals surface area contributed by atoms with Crippen LogP contribution in [0.5, 0.6) is 5.75 Å². The first-order valence-electron chi connectivity index (χ1n) is 11.7. The second kappa shape index (κ2) is 9.55. The molecule has 35 heavy (non-hydrogen) atoms. The summed E-state index contributed by atoms with van der Waals surface area (Å²) in [6.07, 6.45) is 3.37. The molecule has 9 heteroatoms. The lowest BCUT2D eigenvalue weighted by Gasteiger charge is -2.33. The summed E-state index contributed by atoms with van der Waals surface area (Å²) >= 11 is 0. The fourth-order valence-electron chi connectivity index (χ4n) is 4.65. The maximum absolute atomic E-state index is 13.2. The zero-order chi connectivity index (χ0) is 24.5. The number of nitrogens with zero attached hydrogens (tertiary/aromatic N) is 4. The molecule has 5 rings (SSSR count). The van der Waals surface area contributed by atoms with Crippen molar-refractivity contribution in [3.63, 3.8) is 0 Å². The molecule has 1 amide bonds. The molecule has 1 unspecified atom stereocenters. The summed E-state index contributed by atoms with van der Waals surface area (Å²) in [6.45, 7) is 3.28. The van der Waals surface area contributed by atoms with E-state index < -0.39 is 0 Å². The summed E-state index contributed by atoms with van der Waals surface area (Å²) in [6, 6.07) is 15.5. The standard InChI is InChI=1S/C26H29N6O2P/c1-16-6-3-4-7-18(16)20-14-23(32-25(30-20)22(35)15-28-32)29-17-10-12-31(13-11-17)26(34)24-19(27-2)8-5-9-21(24)33/h3-9,14-15,17,27,29,33H,10-13,35H2,1-2H3. The Kier molecular flexibility index (Phi) is 6.31. The van der Waals surface area contributed by atoms with Crippen LogP contribution in [0.2, 0.25) is 0 Å². The zero-order valence-corrected chi connectivity index (χ0v) is 21.0. The minimum absolute atomic E-state index is 0.00284. The maximum Gasteiger partial charge on any atom is 0.259 e. The number of carbonyl (C=O) groups is 1. The second-order valence-electron chi connectivity index (χ2n) is 8.84. The van der Waals surface area contributed by atoms with Gasteiger partial charge in [0.1, 0.15) is 17.1 Å². The number of rotatable bonds is 5. The van der Waals surface area contributed by atoms with Crippen LogP contribution in [0, 0.1) is 6.92 Å². The number of likely N-dealkylation sites (tertiary alicyclic amines) is 1. The van der Waals surface area contributed by atoms with Gasteiger partial charge < -0.3 is 20.6 Å². The van der Waals surface area contributed by atoms with Crippen molar-refractivity contribution in [1.29, 1.82) is 0 Å². The highest BCUT2D eigenvalue weighted by molar-refractivity contribution is 7.28. The van der Waals surface area contributed by atoms with E-state index >= 15 is 0 Å². The molecule has 180 valence electrons. The first kappa shape index (κ1) is 23.1. The van der Waals surface area contributed by atoms with Crippen molar-refractivity contribution in [3.8, 4) is 17.0 Å². The predicted molar refractivity (Wildman–Crippen MR) is 143 cm³/mol. The fraction of sp³-hybridized carbons (Fsp3) is 0.269. The van der Waals surface area contributed by atoms with Crippen LogP contribution >= 0.6 is 9.24 Å². The Morgan fingerprint density at radius 2 is 1.91 bits per heavy atom. The third-order valence-electron chi connectivity index (χ3n) is 6.58. The number of amides is 1. The molecule has 0 aliphatic carbocycles. The molecule has 1 saturated heterocycles. The summed E-state index contributed by atoms with van der Waals surface area (Å²) < 4.78 is 1.84. The zero-order valence-electron chi connectivity index (χ0n) is 19.8. The van der Waals surface area contributed by atoms with Gasteiger partial charge in [-0.1, -0.05) is 39.6 Å². The van der Waals surface area contributed by atoms with Gasteiger partial charge in [-0.05, 0) is 37.5 Å². The van der Waals surface area contributed by atoms with Crippen molar-refractivity contribution in [3.05, 3.63) is 65.9 Å². The number of anilines is 2. The summed E-state index contributed by atoms with van der Waals surface area (Å²) in [5.41, 5.74) is 4.90. The van der Waals surface area contributed by atoms with Crippen LogP contribution in [-0.2, 0) is 0 Å². The Morgan fingerprint density at radius 3 is 2.66 bits per heavy atom. The lowest BCUT2D eigenvalue weighted by Crippen LogP contribution is -2.42. The molecule has 1 aliphatic rings. The van der Waals surface area contributed by atoms with E-state index in [-0.39, 0.29) is 17.7 Å². The number of aromatic hydroxyl groups is 1. The normalized spacial score (nSPS) is 14.3. The summed E-state index contributed by atoms with van der Waals surface area (Å²) in [5.74, 6) is 0.723. The van der Waals surface area contributed by atoms with Crippen LogP contribution in [-0.4, -0.2) is 56.7 Å². The molecule has 2 aromatic heterocycles. The van der Waals surface area contributed by atoms with E-state index in [2.05, 4.69) is 44.0 Å². The minimum Gasteiger partial charge on any atom is -0.507 e. The van der Waals surface area contributed by atoms with Crippen molar-refractivity contribution in [2.45, 2.75) is 25.8 Å². The fourth-order valence-corrected chi connectivity index (χ4v) is 4.90. The molecule has 0 bridgehead atoms. The number of benzene rings is 2. The number of aryl methyl sites for hydroxylation is 1. The highest BCUT2D eigenvalue weighted by Gasteiger charge is 2.27. The minimum atomic E-state index is -0.154. The van der Waals surface area contributed by atoms with E-state index in [1.54, 1.807) is 31.4 Å². The van der Waals surface area contributed by atoms with Crippen LogP contribution in [0.1, 0.15) is 28.8 Å². The summed E-state index contributed by atoms with van der Waals surface area (Å²) in [4.78, 5) is 19.8. The molecule has 0 spiro atoms. The molecule has 3 N–H and O–H groups in total. The average molecular weight is 489 g/mol. The van der Waals surface area contributed by atoms with E-state index in [0.29, 0.717) is 24.3 Å². The van der Waals surface area contributed by atoms with Gasteiger partial charge >= 0.3 is 0 Å². The number of hydrogen-bond acceptors (Lipinski definition) is 6. The van der Waals surface area contributed by atoms with Crippen LogP contribution in [0.25, 0.3) is 16.9 Å². The monoisotopic (exact) mass is 488 g/mol. The van der Waals surface area contributed by atoms with E-state index in [9.17, 15) is 9.90 Å². The maximum atomic E-state index is 13.2. The SMILES string of the molecule is CNc1cccc(O)c1C(=O)N1CCC(Nc2cc(-c3ccccc3C)nc3c(P)cnn23)CC1. The molecule has 2 aromatic carbocycles. The molecule has 0 radical (unpaired) electrons. The third-order valence-corrected chi connectivity index (χ3v) is 6.99. The smallest absolute Gasteiger partial charge is 0.259 e. The molecular weight excluding hydrogens is 459 g/mol. The molecule has 4 aromatic rings. The van der Waals surface area contributed by atoms with E-state index in [1.165, 1.54) is 0 Å². The first-order chi connectivity index (χ1) is 17.0. The Bertz CT molecular complexity index is 1390. The number of piperidine rings is 1. The lowest BCUT2D eigenvalue weighted by atomic mass is 10.0. The van der Waals surface area contributed by atoms with Crippen molar-refractivity contribution in [2.24, 2.45) is 0 Å². The molecule has 3 heterocycles. The predicted octanol–water partition coefficient (Wildman–Crippen LogP) is 3.67. The summed E-state index contributed by atoms with van der Waals surface area (Å²) in [7, 11) is 4.46. The van der Waals surface area contributed by atoms with Crippen molar-refractivity contribution in [2.75, 3.05) is 30.8 Å². The number of phenolic OH excluding ortho intramolecular Hbond substituents is 1. The number of carbonyl (C=O) groups excluding carboxylic acids is 1. The van der Waals surface area contributed by atoms with Gasteiger partial charge in [-0.2, -0.15) is 9.61 Å². The van der Waals surface area contributed by atoms with Gasteiger partial charge in [0, 0.05) is 43.1 Å². The quantitative estimate of drug-likeness (QED) is 0.371. The van der Waals surface area contributed by atoms with Gasteiger partial charge in [0.05, 0.1) is 17.6 Å². The Balaban J connectivity index is 1.36. The Hall–Kier alpha value is -3.64. The number of phenols is 1. The van der Waals surface area contributed by atoms with Gasteiger partial charge in [-0.15, -0.1) is 0 Å². The van der Waals surface area contributed by atoms with Gasteiger partial charge in [0.15, 0.2) is 5.65 Å². The largest absolute Gasteiger partial charge is 0.507 e. The third kappa shape index (κ3) is 4.42. The molecular formula is C26H29N6O2P. The number of aromatic nitrogens is 3. The average Bonchev–Trinajstić information content (AvgIpc) is 3.25. The molecule has 8 nitrogen and oxygen atoms in total. The molecule has 1 aliphatic heterocycles. The van der Waals surface area contributed by atoms with Gasteiger partial charge in [-0.25, -0.2) is 4.98 Å². The van der Waals surface area contributed by atoms with Crippen LogP contribution < -0.4 is 15.9 Å². The van der Waals surface area contributed by atoms with Gasteiger partial charge in [-0.3, -0.25) is 4.79 Å².